The standard InChI is InChI=1S/C18H15ClN2O5S/c1-27-14-6-2-12(3-7-14)4-9-18(23)26-11-17(22)20-16-8-5-13(21(24)25)10-15(16)19/h2-10H,11H2,1H3,(H,20,22)/b9-4+. The Morgan fingerprint density at radius 3 is 2.56 bits per heavy atom. The van der Waals surface area contributed by atoms with Gasteiger partial charge in [0.05, 0.1) is 15.6 Å². The smallest absolute Gasteiger partial charge is 0.331 e. The highest BCUT2D eigenvalue weighted by atomic mass is 35.5. The average molecular weight is 407 g/mol. The maximum Gasteiger partial charge on any atom is 0.331 e. The molecule has 1 N–H and O–H groups in total. The number of ether oxygens (including phenoxy) is 1. The fourth-order valence-electron chi connectivity index (χ4n) is 1.97. The number of carbonyl (C=O) groups is 2. The summed E-state index contributed by atoms with van der Waals surface area (Å²) >= 11 is 7.49. The molecule has 2 aromatic rings. The Hall–Kier alpha value is -2.84. The van der Waals surface area contributed by atoms with Crippen molar-refractivity contribution in [2.45, 2.75) is 4.90 Å². The molecule has 0 spiro atoms. The van der Waals surface area contributed by atoms with Gasteiger partial charge in [0.15, 0.2) is 6.61 Å². The number of esters is 1. The normalized spacial score (nSPS) is 10.6. The van der Waals surface area contributed by atoms with Crippen LogP contribution in [0.2, 0.25) is 5.02 Å². The number of nitrogens with one attached hydrogen (secondary N) is 1. The number of rotatable bonds is 7. The molecule has 27 heavy (non-hydrogen) atoms. The van der Waals surface area contributed by atoms with Crippen LogP contribution in [0.25, 0.3) is 6.08 Å². The predicted molar refractivity (Wildman–Crippen MR) is 105 cm³/mol. The van der Waals surface area contributed by atoms with Gasteiger partial charge in [-0.05, 0) is 36.1 Å². The number of anilines is 1. The summed E-state index contributed by atoms with van der Waals surface area (Å²) < 4.78 is 4.85. The molecule has 7 nitrogen and oxygen atoms in total. The minimum absolute atomic E-state index is 0.0115. The van der Waals surface area contributed by atoms with Gasteiger partial charge in [-0.15, -0.1) is 11.8 Å². The molecule has 0 atom stereocenters. The number of non-ortho nitro benzene ring substituents is 1. The number of benzene rings is 2. The quantitative estimate of drug-likeness (QED) is 0.243. The predicted octanol–water partition coefficient (Wildman–Crippen LogP) is 4.17. The van der Waals surface area contributed by atoms with Gasteiger partial charge in [0.1, 0.15) is 0 Å². The van der Waals surface area contributed by atoms with Crippen LogP contribution in [0.5, 0.6) is 0 Å². The van der Waals surface area contributed by atoms with E-state index in [2.05, 4.69) is 5.32 Å². The highest BCUT2D eigenvalue weighted by Crippen LogP contribution is 2.26. The molecule has 0 radical (unpaired) electrons. The molecule has 0 aliphatic rings. The number of hydrogen-bond acceptors (Lipinski definition) is 6. The zero-order valence-corrected chi connectivity index (χ0v) is 15.8. The van der Waals surface area contributed by atoms with Crippen molar-refractivity contribution in [3.63, 3.8) is 0 Å². The van der Waals surface area contributed by atoms with Crippen molar-refractivity contribution in [2.24, 2.45) is 0 Å². The molecule has 9 heteroatoms. The van der Waals surface area contributed by atoms with Crippen LogP contribution in [-0.2, 0) is 14.3 Å². The summed E-state index contributed by atoms with van der Waals surface area (Å²) in [6.07, 6.45) is 4.77. The Kier molecular flexibility index (Phi) is 7.39. The van der Waals surface area contributed by atoms with Crippen molar-refractivity contribution in [1.29, 1.82) is 0 Å². The van der Waals surface area contributed by atoms with Crippen LogP contribution in [-0.4, -0.2) is 29.7 Å². The third kappa shape index (κ3) is 6.43. The minimum Gasteiger partial charge on any atom is -0.452 e. The molecule has 0 bridgehead atoms. The maximum absolute atomic E-state index is 11.8. The Morgan fingerprint density at radius 2 is 1.96 bits per heavy atom. The van der Waals surface area contributed by atoms with Gasteiger partial charge in [0.25, 0.3) is 11.6 Å². The Bertz CT molecular complexity index is 884. The Labute approximate surface area is 164 Å². The fraction of sp³-hybridized carbons (Fsp3) is 0.111. The fourth-order valence-corrected chi connectivity index (χ4v) is 2.60. The number of carbonyl (C=O) groups excluding carboxylic acids is 2. The van der Waals surface area contributed by atoms with Crippen LogP contribution in [0.4, 0.5) is 11.4 Å². The van der Waals surface area contributed by atoms with Crippen molar-refractivity contribution in [2.75, 3.05) is 18.2 Å². The van der Waals surface area contributed by atoms with Crippen molar-refractivity contribution < 1.29 is 19.2 Å². The van der Waals surface area contributed by atoms with E-state index in [1.54, 1.807) is 17.8 Å². The zero-order chi connectivity index (χ0) is 19.8. The summed E-state index contributed by atoms with van der Waals surface area (Å²) in [5, 5.41) is 13.1. The lowest BCUT2D eigenvalue weighted by molar-refractivity contribution is -0.384. The summed E-state index contributed by atoms with van der Waals surface area (Å²) in [7, 11) is 0. The zero-order valence-electron chi connectivity index (χ0n) is 14.2. The van der Waals surface area contributed by atoms with E-state index in [9.17, 15) is 19.7 Å². The molecule has 0 unspecified atom stereocenters. The monoisotopic (exact) mass is 406 g/mol. The van der Waals surface area contributed by atoms with E-state index in [0.717, 1.165) is 16.5 Å². The second kappa shape index (κ2) is 9.75. The lowest BCUT2D eigenvalue weighted by Gasteiger charge is -2.07. The van der Waals surface area contributed by atoms with Crippen LogP contribution < -0.4 is 5.32 Å². The molecule has 0 aliphatic carbocycles. The van der Waals surface area contributed by atoms with Gasteiger partial charge in [0.2, 0.25) is 0 Å². The molecular formula is C18H15ClN2O5S. The molecule has 0 fully saturated rings. The topological polar surface area (TPSA) is 98.5 Å². The molecule has 0 saturated carbocycles. The number of hydrogen-bond donors (Lipinski definition) is 1. The molecule has 140 valence electrons. The molecular weight excluding hydrogens is 392 g/mol. The van der Waals surface area contributed by atoms with Crippen LogP contribution in [0, 0.1) is 10.1 Å². The van der Waals surface area contributed by atoms with Crippen molar-refractivity contribution in [1.82, 2.24) is 0 Å². The van der Waals surface area contributed by atoms with Crippen LogP contribution in [0.1, 0.15) is 5.56 Å². The van der Waals surface area contributed by atoms with Crippen molar-refractivity contribution in [3.8, 4) is 0 Å². The van der Waals surface area contributed by atoms with Gasteiger partial charge >= 0.3 is 5.97 Å². The molecule has 2 rings (SSSR count). The van der Waals surface area contributed by atoms with E-state index in [1.165, 1.54) is 18.2 Å². The lowest BCUT2D eigenvalue weighted by atomic mass is 10.2. The lowest BCUT2D eigenvalue weighted by Crippen LogP contribution is -2.20. The first kappa shape index (κ1) is 20.5. The van der Waals surface area contributed by atoms with Crippen molar-refractivity contribution in [3.05, 3.63) is 69.2 Å². The molecule has 0 aliphatic heterocycles. The second-order valence-electron chi connectivity index (χ2n) is 5.18. The molecule has 2 aromatic carbocycles. The van der Waals surface area contributed by atoms with Gasteiger partial charge in [-0.2, -0.15) is 0 Å². The highest BCUT2D eigenvalue weighted by molar-refractivity contribution is 7.98. The summed E-state index contributed by atoms with van der Waals surface area (Å²) in [6, 6.07) is 11.2. The second-order valence-corrected chi connectivity index (χ2v) is 6.47. The van der Waals surface area contributed by atoms with Gasteiger partial charge in [-0.25, -0.2) is 4.79 Å². The van der Waals surface area contributed by atoms with Crippen molar-refractivity contribution >= 4 is 52.7 Å². The highest BCUT2D eigenvalue weighted by Gasteiger charge is 2.12. The van der Waals surface area contributed by atoms with Gasteiger partial charge in [-0.3, -0.25) is 14.9 Å². The van der Waals surface area contributed by atoms with E-state index in [0.29, 0.717) is 0 Å². The first-order valence-corrected chi connectivity index (χ1v) is 9.22. The van der Waals surface area contributed by atoms with E-state index < -0.39 is 23.4 Å². The van der Waals surface area contributed by atoms with Crippen LogP contribution in [0.15, 0.2) is 53.4 Å². The van der Waals surface area contributed by atoms with E-state index >= 15 is 0 Å². The largest absolute Gasteiger partial charge is 0.452 e. The number of thioether (sulfide) groups is 1. The number of amides is 1. The third-order valence-electron chi connectivity index (χ3n) is 3.31. The maximum atomic E-state index is 11.8. The summed E-state index contributed by atoms with van der Waals surface area (Å²) in [5.41, 5.74) is 0.819. The van der Waals surface area contributed by atoms with Gasteiger partial charge < -0.3 is 10.1 Å². The average Bonchev–Trinajstić information content (AvgIpc) is 2.66. The SMILES string of the molecule is CSc1ccc(/C=C/C(=O)OCC(=O)Nc2ccc([N+](=O)[O-])cc2Cl)cc1. The van der Waals surface area contributed by atoms with E-state index in [-0.39, 0.29) is 16.4 Å². The molecule has 0 aromatic heterocycles. The van der Waals surface area contributed by atoms with Crippen LogP contribution >= 0.6 is 23.4 Å². The number of halogens is 1. The van der Waals surface area contributed by atoms with E-state index in [1.807, 2.05) is 30.5 Å². The summed E-state index contributed by atoms with van der Waals surface area (Å²) in [5.74, 6) is -1.29. The van der Waals surface area contributed by atoms with Gasteiger partial charge in [-0.1, -0.05) is 23.7 Å². The molecule has 0 heterocycles. The van der Waals surface area contributed by atoms with E-state index in [4.69, 9.17) is 16.3 Å². The third-order valence-corrected chi connectivity index (χ3v) is 4.37. The van der Waals surface area contributed by atoms with Crippen LogP contribution in [0.3, 0.4) is 0 Å². The Morgan fingerprint density at radius 1 is 1.26 bits per heavy atom. The Balaban J connectivity index is 1.84. The first-order valence-electron chi connectivity index (χ1n) is 7.61. The minimum atomic E-state index is -0.672. The van der Waals surface area contributed by atoms with Gasteiger partial charge in [0, 0.05) is 23.1 Å². The number of nitrogens with zero attached hydrogens (tertiary/aromatic N) is 1. The molecule has 1 amide bonds. The first-order chi connectivity index (χ1) is 12.9. The number of nitro benzene ring substituents is 1. The summed E-state index contributed by atoms with van der Waals surface area (Å²) in [4.78, 5) is 34.7. The molecule has 0 saturated heterocycles. The summed E-state index contributed by atoms with van der Waals surface area (Å²) in [6.45, 7) is -0.512. The number of nitro groups is 1.